The van der Waals surface area contributed by atoms with Gasteiger partial charge in [0, 0.05) is 16.3 Å². The summed E-state index contributed by atoms with van der Waals surface area (Å²) in [6.45, 7) is 2.98. The third-order valence-electron chi connectivity index (χ3n) is 5.06. The van der Waals surface area contributed by atoms with Crippen LogP contribution in [0.1, 0.15) is 28.4 Å². The smallest absolute Gasteiger partial charge is 0.260 e. The van der Waals surface area contributed by atoms with Crippen molar-refractivity contribution in [1.29, 1.82) is 0 Å². The summed E-state index contributed by atoms with van der Waals surface area (Å²) in [5.74, 6) is -0.821. The summed E-state index contributed by atoms with van der Waals surface area (Å²) in [5, 5.41) is 7.37. The van der Waals surface area contributed by atoms with Crippen molar-refractivity contribution in [3.8, 4) is 0 Å². The Morgan fingerprint density at radius 1 is 0.971 bits per heavy atom. The molecule has 3 aromatic rings. The molecule has 0 aliphatic carbocycles. The number of aryl methyl sites for hydroxylation is 1. The molecule has 8 nitrogen and oxygen atoms in total. The first-order chi connectivity index (χ1) is 16.5. The third kappa shape index (κ3) is 7.14. The minimum absolute atomic E-state index is 0.220. The van der Waals surface area contributed by atoms with E-state index in [4.69, 9.17) is 11.6 Å². The lowest BCUT2D eigenvalue weighted by atomic mass is 10.1. The summed E-state index contributed by atoms with van der Waals surface area (Å²) in [6.07, 6.45) is 1.03. The summed E-state index contributed by atoms with van der Waals surface area (Å²) >= 11 is 5.96. The zero-order valence-corrected chi connectivity index (χ0v) is 21.0. The van der Waals surface area contributed by atoms with Crippen molar-refractivity contribution < 1.29 is 18.0 Å². The molecule has 0 aliphatic rings. The molecule has 3 rings (SSSR count). The van der Waals surface area contributed by atoms with Gasteiger partial charge in [0.25, 0.3) is 11.8 Å². The van der Waals surface area contributed by atoms with E-state index in [0.29, 0.717) is 33.2 Å². The van der Waals surface area contributed by atoms with Gasteiger partial charge in [0.15, 0.2) is 0 Å². The van der Waals surface area contributed by atoms with Crippen LogP contribution >= 0.6 is 11.6 Å². The predicted octanol–water partition coefficient (Wildman–Crippen LogP) is 4.21. The Kier molecular flexibility index (Phi) is 8.26. The van der Waals surface area contributed by atoms with Crippen molar-refractivity contribution in [1.82, 2.24) is 5.43 Å². The van der Waals surface area contributed by atoms with Crippen LogP contribution in [0.4, 0.5) is 11.4 Å². The van der Waals surface area contributed by atoms with Gasteiger partial charge in [-0.2, -0.15) is 5.10 Å². The van der Waals surface area contributed by atoms with Crippen molar-refractivity contribution in [3.05, 3.63) is 94.5 Å². The third-order valence-corrected chi connectivity index (χ3v) is 6.42. The topological polar surface area (TPSA) is 108 Å². The Morgan fingerprint density at radius 3 is 2.23 bits per heavy atom. The van der Waals surface area contributed by atoms with E-state index >= 15 is 0 Å². The Balaban J connectivity index is 1.65. The van der Waals surface area contributed by atoms with Gasteiger partial charge >= 0.3 is 0 Å². The largest absolute Gasteiger partial charge is 0.322 e. The van der Waals surface area contributed by atoms with E-state index in [0.717, 1.165) is 16.1 Å². The van der Waals surface area contributed by atoms with Crippen LogP contribution in [0.25, 0.3) is 0 Å². The maximum atomic E-state index is 12.5. The Bertz CT molecular complexity index is 1360. The van der Waals surface area contributed by atoms with E-state index in [9.17, 15) is 18.0 Å². The van der Waals surface area contributed by atoms with Gasteiger partial charge in [-0.15, -0.1) is 0 Å². The number of benzene rings is 3. The summed E-state index contributed by atoms with van der Waals surface area (Å²) in [7, 11) is -3.73. The number of hydrogen-bond donors (Lipinski definition) is 2. The van der Waals surface area contributed by atoms with E-state index in [2.05, 4.69) is 15.8 Å². The second-order valence-electron chi connectivity index (χ2n) is 7.83. The SMILES string of the molecule is C/C(=N/NC(=O)CN(c1ccc(Cl)cc1C)S(C)(=O)=O)c1ccc(NC(=O)c2ccccc2)cc1. The van der Waals surface area contributed by atoms with E-state index in [1.54, 1.807) is 80.6 Å². The highest BCUT2D eigenvalue weighted by Crippen LogP contribution is 2.25. The lowest BCUT2D eigenvalue weighted by Crippen LogP contribution is -2.39. The Hall–Kier alpha value is -3.69. The number of carbonyl (C=O) groups excluding carboxylic acids is 2. The minimum Gasteiger partial charge on any atom is -0.322 e. The van der Waals surface area contributed by atoms with Crippen LogP contribution < -0.4 is 15.0 Å². The normalized spacial score (nSPS) is 11.6. The first-order valence-corrected chi connectivity index (χ1v) is 12.8. The molecule has 0 aliphatic heterocycles. The monoisotopic (exact) mass is 512 g/mol. The molecule has 2 amide bonds. The number of nitrogens with one attached hydrogen (secondary N) is 2. The number of anilines is 2. The van der Waals surface area contributed by atoms with Crippen LogP contribution in [0.15, 0.2) is 77.9 Å². The number of amides is 2. The first-order valence-electron chi connectivity index (χ1n) is 10.6. The minimum atomic E-state index is -3.73. The molecule has 0 spiro atoms. The molecule has 0 fully saturated rings. The van der Waals surface area contributed by atoms with E-state index < -0.39 is 22.5 Å². The Labute approximate surface area is 209 Å². The van der Waals surface area contributed by atoms with Crippen molar-refractivity contribution in [3.63, 3.8) is 0 Å². The van der Waals surface area contributed by atoms with Crippen LogP contribution in [0.3, 0.4) is 0 Å². The zero-order valence-electron chi connectivity index (χ0n) is 19.4. The van der Waals surface area contributed by atoms with Crippen molar-refractivity contribution >= 4 is 50.5 Å². The van der Waals surface area contributed by atoms with E-state index in [1.165, 1.54) is 0 Å². The second-order valence-corrected chi connectivity index (χ2v) is 10.2. The lowest BCUT2D eigenvalue weighted by Gasteiger charge is -2.23. The summed E-state index contributed by atoms with van der Waals surface area (Å²) < 4.78 is 25.6. The molecule has 0 atom stereocenters. The van der Waals surface area contributed by atoms with Crippen molar-refractivity contribution in [2.75, 3.05) is 22.4 Å². The highest BCUT2D eigenvalue weighted by atomic mass is 35.5. The van der Waals surface area contributed by atoms with Gasteiger partial charge in [0.05, 0.1) is 17.7 Å². The van der Waals surface area contributed by atoms with Gasteiger partial charge in [-0.3, -0.25) is 13.9 Å². The van der Waals surface area contributed by atoms with Gasteiger partial charge in [0.2, 0.25) is 10.0 Å². The fourth-order valence-electron chi connectivity index (χ4n) is 3.24. The molecule has 35 heavy (non-hydrogen) atoms. The van der Waals surface area contributed by atoms with E-state index in [-0.39, 0.29) is 5.91 Å². The van der Waals surface area contributed by atoms with Crippen LogP contribution in [0, 0.1) is 6.92 Å². The molecule has 0 saturated carbocycles. The molecule has 0 radical (unpaired) electrons. The van der Waals surface area contributed by atoms with Gasteiger partial charge in [-0.1, -0.05) is 41.9 Å². The molecule has 10 heteroatoms. The zero-order chi connectivity index (χ0) is 25.6. The van der Waals surface area contributed by atoms with Gasteiger partial charge in [0.1, 0.15) is 6.54 Å². The number of carbonyl (C=O) groups is 2. The molecule has 0 unspecified atom stereocenters. The van der Waals surface area contributed by atoms with Crippen LogP contribution in [-0.2, 0) is 14.8 Å². The second kappa shape index (κ2) is 11.2. The summed E-state index contributed by atoms with van der Waals surface area (Å²) in [4.78, 5) is 24.8. The van der Waals surface area contributed by atoms with Crippen LogP contribution in [-0.4, -0.2) is 38.7 Å². The number of halogens is 1. The molecule has 0 bridgehead atoms. The predicted molar refractivity (Wildman–Crippen MR) is 140 cm³/mol. The van der Waals surface area contributed by atoms with Crippen LogP contribution in [0.5, 0.6) is 0 Å². The fraction of sp³-hybridized carbons (Fsp3) is 0.160. The summed E-state index contributed by atoms with van der Waals surface area (Å²) in [5.41, 5.74) is 5.77. The maximum Gasteiger partial charge on any atom is 0.260 e. The maximum absolute atomic E-state index is 12.5. The number of hydrogen-bond acceptors (Lipinski definition) is 5. The molecule has 2 N–H and O–H groups in total. The van der Waals surface area contributed by atoms with Gasteiger partial charge < -0.3 is 5.32 Å². The average Bonchev–Trinajstić information content (AvgIpc) is 2.82. The number of hydrazone groups is 1. The molecule has 3 aromatic carbocycles. The van der Waals surface area contributed by atoms with Crippen molar-refractivity contribution in [2.24, 2.45) is 5.10 Å². The average molecular weight is 513 g/mol. The molecular weight excluding hydrogens is 488 g/mol. The van der Waals surface area contributed by atoms with Crippen LogP contribution in [0.2, 0.25) is 5.02 Å². The summed E-state index contributed by atoms with van der Waals surface area (Å²) in [6, 6.07) is 20.6. The first kappa shape index (κ1) is 25.9. The quantitative estimate of drug-likeness (QED) is 0.348. The number of rotatable bonds is 8. The van der Waals surface area contributed by atoms with Crippen molar-refractivity contribution in [2.45, 2.75) is 13.8 Å². The molecule has 0 heterocycles. The molecule has 182 valence electrons. The standard InChI is InChI=1S/C25H25ClN4O4S/c1-17-15-21(26)11-14-23(17)30(35(3,33)34)16-24(31)29-28-18(2)19-9-12-22(13-10-19)27-25(32)20-7-5-4-6-8-20/h4-15H,16H2,1-3H3,(H,27,32)(H,29,31)/b28-18-. The van der Waals surface area contributed by atoms with Gasteiger partial charge in [-0.05, 0) is 67.4 Å². The number of nitrogens with zero attached hydrogens (tertiary/aromatic N) is 2. The highest BCUT2D eigenvalue weighted by molar-refractivity contribution is 7.92. The Morgan fingerprint density at radius 2 is 1.63 bits per heavy atom. The van der Waals surface area contributed by atoms with Gasteiger partial charge in [-0.25, -0.2) is 13.8 Å². The molecular formula is C25H25ClN4O4S. The van der Waals surface area contributed by atoms with E-state index in [1.807, 2.05) is 6.07 Å². The molecule has 0 saturated heterocycles. The number of sulfonamides is 1. The molecule has 0 aromatic heterocycles. The highest BCUT2D eigenvalue weighted by Gasteiger charge is 2.22. The lowest BCUT2D eigenvalue weighted by molar-refractivity contribution is -0.119. The fourth-order valence-corrected chi connectivity index (χ4v) is 4.38.